The van der Waals surface area contributed by atoms with Crippen LogP contribution in [0.1, 0.15) is 44.1 Å². The van der Waals surface area contributed by atoms with Crippen LogP contribution in [0.25, 0.3) is 0 Å². The molecule has 1 saturated carbocycles. The third-order valence-electron chi connectivity index (χ3n) is 3.84. The summed E-state index contributed by atoms with van der Waals surface area (Å²) in [4.78, 5) is 0.446. The van der Waals surface area contributed by atoms with Crippen molar-refractivity contribution >= 4 is 38.8 Å². The van der Waals surface area contributed by atoms with Crippen LogP contribution in [0.2, 0.25) is 0 Å². The minimum absolute atomic E-state index is 0.446. The molecule has 1 aromatic carbocycles. The van der Waals surface area contributed by atoms with Gasteiger partial charge >= 0.3 is 0 Å². The highest BCUT2D eigenvalue weighted by Crippen LogP contribution is 2.27. The lowest BCUT2D eigenvalue weighted by Crippen LogP contribution is -2.16. The fourth-order valence-corrected chi connectivity index (χ4v) is 3.29. The molecule has 2 rings (SSSR count). The second kappa shape index (κ2) is 7.25. The third-order valence-corrected chi connectivity index (χ3v) is 4.55. The van der Waals surface area contributed by atoms with E-state index in [1.54, 1.807) is 0 Å². The molecule has 2 nitrogen and oxygen atoms in total. The van der Waals surface area contributed by atoms with E-state index in [-0.39, 0.29) is 0 Å². The van der Waals surface area contributed by atoms with Crippen molar-refractivity contribution in [2.24, 2.45) is 11.7 Å². The molecule has 3 N–H and O–H groups in total. The van der Waals surface area contributed by atoms with Crippen molar-refractivity contribution in [2.75, 3.05) is 11.9 Å². The molecule has 0 radical (unpaired) electrons. The van der Waals surface area contributed by atoms with Gasteiger partial charge in [-0.1, -0.05) is 60.3 Å². The van der Waals surface area contributed by atoms with Crippen molar-refractivity contribution in [3.8, 4) is 0 Å². The molecule has 0 saturated heterocycles. The average Bonchev–Trinajstić information content (AvgIpc) is 2.41. The van der Waals surface area contributed by atoms with E-state index in [2.05, 4.69) is 21.2 Å². The number of benzene rings is 1. The van der Waals surface area contributed by atoms with Gasteiger partial charge in [-0.25, -0.2) is 0 Å². The Morgan fingerprint density at radius 3 is 2.74 bits per heavy atom. The highest BCUT2D eigenvalue weighted by Gasteiger charge is 2.13. The van der Waals surface area contributed by atoms with Crippen LogP contribution in [0.5, 0.6) is 0 Å². The lowest BCUT2D eigenvalue weighted by atomic mass is 9.87. The van der Waals surface area contributed by atoms with Gasteiger partial charge < -0.3 is 11.1 Å². The van der Waals surface area contributed by atoms with E-state index in [1.165, 1.54) is 38.5 Å². The van der Waals surface area contributed by atoms with Gasteiger partial charge in [0.15, 0.2) is 0 Å². The Morgan fingerprint density at radius 1 is 1.32 bits per heavy atom. The van der Waals surface area contributed by atoms with Crippen LogP contribution in [0.3, 0.4) is 0 Å². The first-order valence-electron chi connectivity index (χ1n) is 7.00. The topological polar surface area (TPSA) is 38.0 Å². The minimum Gasteiger partial charge on any atom is -0.389 e. The summed E-state index contributed by atoms with van der Waals surface area (Å²) in [6, 6.07) is 6.04. The summed E-state index contributed by atoms with van der Waals surface area (Å²) in [5.41, 5.74) is 7.74. The lowest BCUT2D eigenvalue weighted by Gasteiger charge is -2.22. The van der Waals surface area contributed by atoms with E-state index < -0.39 is 0 Å². The molecule has 1 aromatic rings. The fourth-order valence-electron chi connectivity index (χ4n) is 2.76. The number of hydrogen-bond donors (Lipinski definition) is 2. The number of halogens is 1. The van der Waals surface area contributed by atoms with Gasteiger partial charge in [-0.05, 0) is 30.5 Å². The zero-order valence-corrected chi connectivity index (χ0v) is 13.5. The summed E-state index contributed by atoms with van der Waals surface area (Å²) in [5, 5.41) is 3.48. The number of anilines is 1. The van der Waals surface area contributed by atoms with Crippen LogP contribution in [0.4, 0.5) is 5.69 Å². The summed E-state index contributed by atoms with van der Waals surface area (Å²) in [7, 11) is 0. The Morgan fingerprint density at radius 2 is 2.05 bits per heavy atom. The molecule has 4 heteroatoms. The normalized spacial score (nSPS) is 16.3. The highest BCUT2D eigenvalue weighted by molar-refractivity contribution is 9.10. The van der Waals surface area contributed by atoms with E-state index in [1.807, 2.05) is 18.2 Å². The Labute approximate surface area is 129 Å². The Bertz CT molecular complexity index is 442. The van der Waals surface area contributed by atoms with Gasteiger partial charge in [0.05, 0.1) is 0 Å². The molecule has 0 aromatic heterocycles. The van der Waals surface area contributed by atoms with Crippen LogP contribution in [-0.2, 0) is 0 Å². The van der Waals surface area contributed by atoms with E-state index in [0.717, 1.165) is 28.2 Å². The minimum atomic E-state index is 0.446. The quantitative estimate of drug-likeness (QED) is 0.776. The van der Waals surface area contributed by atoms with E-state index in [0.29, 0.717) is 4.99 Å². The predicted octanol–water partition coefficient (Wildman–Crippen LogP) is 4.47. The maximum Gasteiger partial charge on any atom is 0.106 e. The fraction of sp³-hybridized carbons (Fsp3) is 0.533. The van der Waals surface area contributed by atoms with Gasteiger partial charge in [0.2, 0.25) is 0 Å². The molecule has 0 unspecified atom stereocenters. The summed E-state index contributed by atoms with van der Waals surface area (Å²) in [5.74, 6) is 0.893. The summed E-state index contributed by atoms with van der Waals surface area (Å²) in [6.45, 7) is 1.00. The van der Waals surface area contributed by atoms with Crippen molar-refractivity contribution in [1.82, 2.24) is 0 Å². The van der Waals surface area contributed by atoms with Crippen molar-refractivity contribution in [1.29, 1.82) is 0 Å². The van der Waals surface area contributed by atoms with E-state index in [9.17, 15) is 0 Å². The number of hydrogen-bond acceptors (Lipinski definition) is 2. The molecule has 0 aliphatic heterocycles. The first-order chi connectivity index (χ1) is 9.16. The van der Waals surface area contributed by atoms with Gasteiger partial charge in [0.25, 0.3) is 0 Å². The van der Waals surface area contributed by atoms with Gasteiger partial charge in [-0.15, -0.1) is 0 Å². The van der Waals surface area contributed by atoms with Crippen LogP contribution in [0, 0.1) is 5.92 Å². The van der Waals surface area contributed by atoms with Crippen molar-refractivity contribution in [3.05, 3.63) is 28.2 Å². The zero-order valence-electron chi connectivity index (χ0n) is 11.1. The summed E-state index contributed by atoms with van der Waals surface area (Å²) < 4.78 is 1.01. The first-order valence-corrected chi connectivity index (χ1v) is 8.20. The smallest absolute Gasteiger partial charge is 0.106 e. The average molecular weight is 341 g/mol. The maximum absolute atomic E-state index is 5.77. The standard InChI is InChI=1S/C15H21BrN2S/c16-12-6-7-14(13(10-12)15(17)19)18-9-8-11-4-2-1-3-5-11/h6-7,10-11,18H,1-5,8-9H2,(H2,17,19). The van der Waals surface area contributed by atoms with Crippen LogP contribution < -0.4 is 11.1 Å². The van der Waals surface area contributed by atoms with E-state index in [4.69, 9.17) is 18.0 Å². The maximum atomic E-state index is 5.77. The Kier molecular flexibility index (Phi) is 5.64. The van der Waals surface area contributed by atoms with Crippen LogP contribution in [-0.4, -0.2) is 11.5 Å². The highest BCUT2D eigenvalue weighted by atomic mass is 79.9. The van der Waals surface area contributed by atoms with E-state index >= 15 is 0 Å². The Hall–Kier alpha value is -0.610. The monoisotopic (exact) mass is 340 g/mol. The number of nitrogens with two attached hydrogens (primary N) is 1. The molecule has 0 spiro atoms. The largest absolute Gasteiger partial charge is 0.389 e. The summed E-state index contributed by atoms with van der Waals surface area (Å²) in [6.07, 6.45) is 8.26. The summed E-state index contributed by atoms with van der Waals surface area (Å²) >= 11 is 8.55. The third kappa shape index (κ3) is 4.46. The van der Waals surface area contributed by atoms with Crippen LogP contribution >= 0.6 is 28.1 Å². The van der Waals surface area contributed by atoms with Crippen molar-refractivity contribution in [3.63, 3.8) is 0 Å². The first kappa shape index (κ1) is 14.8. The van der Waals surface area contributed by atoms with Gasteiger partial charge in [0.1, 0.15) is 4.99 Å². The molecule has 1 aliphatic rings. The van der Waals surface area contributed by atoms with Gasteiger partial charge in [-0.2, -0.15) is 0 Å². The number of nitrogens with one attached hydrogen (secondary N) is 1. The lowest BCUT2D eigenvalue weighted by molar-refractivity contribution is 0.345. The molecule has 0 bridgehead atoms. The number of rotatable bonds is 5. The van der Waals surface area contributed by atoms with Crippen molar-refractivity contribution in [2.45, 2.75) is 38.5 Å². The van der Waals surface area contributed by atoms with Crippen LogP contribution in [0.15, 0.2) is 22.7 Å². The molecular weight excluding hydrogens is 320 g/mol. The molecule has 19 heavy (non-hydrogen) atoms. The number of thiocarbonyl (C=S) groups is 1. The second-order valence-electron chi connectivity index (χ2n) is 5.27. The molecule has 1 fully saturated rings. The van der Waals surface area contributed by atoms with Crippen molar-refractivity contribution < 1.29 is 0 Å². The second-order valence-corrected chi connectivity index (χ2v) is 6.63. The van der Waals surface area contributed by atoms with Gasteiger partial charge in [-0.3, -0.25) is 0 Å². The molecule has 104 valence electrons. The predicted molar refractivity (Wildman–Crippen MR) is 89.7 cm³/mol. The molecule has 0 atom stereocenters. The zero-order chi connectivity index (χ0) is 13.7. The molecular formula is C15H21BrN2S. The SMILES string of the molecule is NC(=S)c1cc(Br)ccc1NCCC1CCCCC1. The van der Waals surface area contributed by atoms with Gasteiger partial charge in [0, 0.05) is 22.3 Å². The molecule has 0 amide bonds. The Balaban J connectivity index is 1.89. The molecule has 0 heterocycles. The molecule has 1 aliphatic carbocycles.